The molecule has 0 unspecified atom stereocenters. The topological polar surface area (TPSA) is 73.7 Å². The van der Waals surface area contributed by atoms with Crippen molar-refractivity contribution in [3.05, 3.63) is 76.3 Å². The van der Waals surface area contributed by atoms with Gasteiger partial charge in [0.2, 0.25) is 0 Å². The highest BCUT2D eigenvalue weighted by Gasteiger charge is 2.35. The third-order valence-corrected chi connectivity index (χ3v) is 5.70. The van der Waals surface area contributed by atoms with Crippen LogP contribution in [0.15, 0.2) is 59.4 Å². The van der Waals surface area contributed by atoms with Gasteiger partial charge in [0.05, 0.1) is 30.5 Å². The monoisotopic (exact) mass is 435 g/mol. The van der Waals surface area contributed by atoms with E-state index in [0.29, 0.717) is 41.4 Å². The molecule has 5 rings (SSSR count). The van der Waals surface area contributed by atoms with Crippen molar-refractivity contribution in [1.82, 2.24) is 14.7 Å². The van der Waals surface area contributed by atoms with Gasteiger partial charge in [-0.05, 0) is 43.2 Å². The van der Waals surface area contributed by atoms with Gasteiger partial charge in [0.15, 0.2) is 0 Å². The maximum atomic E-state index is 13.5. The number of para-hydroxylation sites is 1. The van der Waals surface area contributed by atoms with Crippen molar-refractivity contribution in [1.29, 1.82) is 0 Å². The molecular formula is C24H22FN3O4. The molecule has 8 heteroatoms. The maximum Gasteiger partial charge on any atom is 0.267 e. The third-order valence-electron chi connectivity index (χ3n) is 5.70. The first-order valence-electron chi connectivity index (χ1n) is 10.5. The number of halogens is 1. The average Bonchev–Trinajstić information content (AvgIpc) is 3.58. The molecule has 1 aromatic heterocycles. The molecule has 0 atom stereocenters. The summed E-state index contributed by atoms with van der Waals surface area (Å²) < 4.78 is 26.1. The van der Waals surface area contributed by atoms with E-state index >= 15 is 0 Å². The molecular weight excluding hydrogens is 413 g/mol. The summed E-state index contributed by atoms with van der Waals surface area (Å²) in [6.45, 7) is 0.737. The molecule has 1 saturated carbocycles. The van der Waals surface area contributed by atoms with E-state index in [0.717, 1.165) is 12.8 Å². The minimum Gasteiger partial charge on any atom is -0.496 e. The zero-order chi connectivity index (χ0) is 22.2. The van der Waals surface area contributed by atoms with Gasteiger partial charge in [-0.1, -0.05) is 12.1 Å². The molecule has 0 spiro atoms. The average molecular weight is 435 g/mol. The number of aromatic nitrogens is 2. The number of ether oxygens (including phenoxy) is 2. The fraction of sp³-hybridized carbons (Fsp3) is 0.292. The lowest BCUT2D eigenvalue weighted by Gasteiger charge is -2.39. The molecule has 2 aromatic carbocycles. The zero-order valence-corrected chi connectivity index (χ0v) is 17.5. The first-order valence-corrected chi connectivity index (χ1v) is 10.5. The molecule has 1 saturated heterocycles. The van der Waals surface area contributed by atoms with Crippen molar-refractivity contribution in [2.45, 2.75) is 25.0 Å². The predicted molar refractivity (Wildman–Crippen MR) is 115 cm³/mol. The summed E-state index contributed by atoms with van der Waals surface area (Å²) in [4.78, 5) is 27.1. The molecule has 2 heterocycles. The quantitative estimate of drug-likeness (QED) is 0.594. The van der Waals surface area contributed by atoms with Crippen LogP contribution in [0.1, 0.15) is 29.2 Å². The second kappa shape index (κ2) is 8.11. The van der Waals surface area contributed by atoms with Crippen molar-refractivity contribution in [3.63, 3.8) is 0 Å². The van der Waals surface area contributed by atoms with Gasteiger partial charge in [-0.3, -0.25) is 9.59 Å². The molecule has 32 heavy (non-hydrogen) atoms. The Bertz CT molecular complexity index is 1230. The summed E-state index contributed by atoms with van der Waals surface area (Å²) >= 11 is 0. The van der Waals surface area contributed by atoms with Crippen molar-refractivity contribution < 1.29 is 18.7 Å². The van der Waals surface area contributed by atoms with Gasteiger partial charge in [-0.25, -0.2) is 9.07 Å². The van der Waals surface area contributed by atoms with E-state index in [1.807, 2.05) is 18.2 Å². The van der Waals surface area contributed by atoms with Crippen LogP contribution in [0, 0.1) is 5.82 Å². The van der Waals surface area contributed by atoms with Crippen LogP contribution in [0.3, 0.4) is 0 Å². The molecule has 2 fully saturated rings. The number of methoxy groups -OCH3 is 1. The first kappa shape index (κ1) is 20.2. The van der Waals surface area contributed by atoms with Gasteiger partial charge >= 0.3 is 0 Å². The molecule has 0 bridgehead atoms. The molecule has 2 aliphatic rings. The zero-order valence-electron chi connectivity index (χ0n) is 17.5. The Morgan fingerprint density at radius 1 is 1.06 bits per heavy atom. The molecule has 3 aromatic rings. The van der Waals surface area contributed by atoms with Crippen molar-refractivity contribution >= 4 is 5.91 Å². The van der Waals surface area contributed by atoms with Gasteiger partial charge in [0, 0.05) is 30.8 Å². The van der Waals surface area contributed by atoms with Crippen molar-refractivity contribution in [2.24, 2.45) is 0 Å². The van der Waals surface area contributed by atoms with Crippen LogP contribution in [0.25, 0.3) is 11.3 Å². The van der Waals surface area contributed by atoms with Crippen LogP contribution < -0.4 is 15.0 Å². The number of hydrogen-bond donors (Lipinski definition) is 0. The van der Waals surface area contributed by atoms with Crippen LogP contribution in [-0.2, 0) is 0 Å². The van der Waals surface area contributed by atoms with Crippen LogP contribution in [0.4, 0.5) is 4.39 Å². The van der Waals surface area contributed by atoms with Crippen molar-refractivity contribution in [3.8, 4) is 22.8 Å². The summed E-state index contributed by atoms with van der Waals surface area (Å²) in [7, 11) is 1.45. The van der Waals surface area contributed by atoms with E-state index in [4.69, 9.17) is 9.47 Å². The molecule has 0 radical (unpaired) electrons. The smallest absolute Gasteiger partial charge is 0.267 e. The van der Waals surface area contributed by atoms with Gasteiger partial charge in [0.1, 0.15) is 17.3 Å². The van der Waals surface area contributed by atoms with Crippen LogP contribution in [-0.4, -0.2) is 46.9 Å². The van der Waals surface area contributed by atoms with E-state index in [1.165, 1.54) is 30.0 Å². The highest BCUT2D eigenvalue weighted by atomic mass is 19.1. The SMILES string of the molecule is COc1cc(F)ccc1-c1ccc(=O)n(C2CN(C(=O)c3ccccc3OC3CC3)C2)n1. The number of rotatable bonds is 6. The maximum absolute atomic E-state index is 13.5. The molecule has 0 N–H and O–H groups in total. The van der Waals surface area contributed by atoms with Crippen LogP contribution >= 0.6 is 0 Å². The van der Waals surface area contributed by atoms with Crippen LogP contribution in [0.5, 0.6) is 11.5 Å². The number of likely N-dealkylation sites (tertiary alicyclic amines) is 1. The Kier molecular flexibility index (Phi) is 5.13. The lowest BCUT2D eigenvalue weighted by Crippen LogP contribution is -2.53. The Labute approximate surface area is 184 Å². The summed E-state index contributed by atoms with van der Waals surface area (Å²) in [5.41, 5.74) is 1.35. The van der Waals surface area contributed by atoms with Crippen LogP contribution in [0.2, 0.25) is 0 Å². The molecule has 1 aliphatic carbocycles. The second-order valence-electron chi connectivity index (χ2n) is 8.02. The number of carbonyl (C=O) groups excluding carboxylic acids is 1. The summed E-state index contributed by atoms with van der Waals surface area (Å²) in [5.74, 6) is 0.393. The Hall–Kier alpha value is -3.68. The predicted octanol–water partition coefficient (Wildman–Crippen LogP) is 3.30. The minimum atomic E-state index is -0.419. The highest BCUT2D eigenvalue weighted by molar-refractivity contribution is 5.97. The Morgan fingerprint density at radius 2 is 1.84 bits per heavy atom. The molecule has 1 amide bonds. The van der Waals surface area contributed by atoms with Gasteiger partial charge in [0.25, 0.3) is 11.5 Å². The van der Waals surface area contributed by atoms with E-state index in [-0.39, 0.29) is 23.6 Å². The highest BCUT2D eigenvalue weighted by Crippen LogP contribution is 2.32. The largest absolute Gasteiger partial charge is 0.496 e. The molecule has 1 aliphatic heterocycles. The first-order chi connectivity index (χ1) is 15.5. The van der Waals surface area contributed by atoms with Gasteiger partial charge < -0.3 is 14.4 Å². The number of hydrogen-bond acceptors (Lipinski definition) is 5. The van der Waals surface area contributed by atoms with Crippen molar-refractivity contribution in [2.75, 3.05) is 20.2 Å². The van der Waals surface area contributed by atoms with E-state index in [2.05, 4.69) is 5.10 Å². The third kappa shape index (κ3) is 3.84. The van der Waals surface area contributed by atoms with Gasteiger partial charge in [-0.2, -0.15) is 5.10 Å². The standard InChI is InChI=1S/C24H22FN3O4/c1-31-22-12-15(25)6-9-18(22)20-10-11-23(29)28(26-20)16-13-27(14-16)24(30)19-4-2-3-5-21(19)32-17-7-8-17/h2-6,9-12,16-17H,7-8,13-14H2,1H3. The minimum absolute atomic E-state index is 0.123. The normalized spacial score (nSPS) is 15.9. The number of amides is 1. The molecule has 7 nitrogen and oxygen atoms in total. The fourth-order valence-electron chi connectivity index (χ4n) is 3.76. The number of nitrogens with zero attached hydrogens (tertiary/aromatic N) is 3. The Balaban J connectivity index is 1.35. The Morgan fingerprint density at radius 3 is 2.59 bits per heavy atom. The lowest BCUT2D eigenvalue weighted by atomic mass is 10.1. The van der Waals surface area contributed by atoms with E-state index in [9.17, 15) is 14.0 Å². The van der Waals surface area contributed by atoms with E-state index < -0.39 is 5.82 Å². The number of benzene rings is 2. The molecule has 164 valence electrons. The number of carbonyl (C=O) groups is 1. The summed E-state index contributed by atoms with van der Waals surface area (Å²) in [6, 6.07) is 14.2. The second-order valence-corrected chi connectivity index (χ2v) is 8.02. The lowest BCUT2D eigenvalue weighted by molar-refractivity contribution is 0.0489. The summed E-state index contributed by atoms with van der Waals surface area (Å²) in [6.07, 6.45) is 2.22. The van der Waals surface area contributed by atoms with Gasteiger partial charge in [-0.15, -0.1) is 0 Å². The fourth-order valence-corrected chi connectivity index (χ4v) is 3.76. The summed E-state index contributed by atoms with van der Waals surface area (Å²) in [5, 5.41) is 4.47. The van der Waals surface area contributed by atoms with E-state index in [1.54, 1.807) is 23.1 Å².